The number of anilines is 1. The molecule has 0 atom stereocenters. The lowest BCUT2D eigenvalue weighted by Gasteiger charge is -2.08. The molecule has 3 aromatic heterocycles. The molecule has 0 fully saturated rings. The van der Waals surface area contributed by atoms with Crippen molar-refractivity contribution >= 4 is 38.3 Å². The highest BCUT2D eigenvalue weighted by molar-refractivity contribution is 7.18. The number of benzene rings is 1. The molecule has 4 aromatic rings. The van der Waals surface area contributed by atoms with Gasteiger partial charge in [-0.15, -0.1) is 11.3 Å². The van der Waals surface area contributed by atoms with Crippen LogP contribution >= 0.6 is 11.3 Å². The Morgan fingerprint density at radius 2 is 2.00 bits per heavy atom. The molecule has 23 heavy (non-hydrogen) atoms. The van der Waals surface area contributed by atoms with Crippen molar-refractivity contribution in [2.24, 2.45) is 0 Å². The van der Waals surface area contributed by atoms with Gasteiger partial charge in [0.25, 0.3) is 0 Å². The maximum atomic E-state index is 4.50. The van der Waals surface area contributed by atoms with Crippen LogP contribution in [0.2, 0.25) is 0 Å². The van der Waals surface area contributed by atoms with Gasteiger partial charge < -0.3 is 5.32 Å². The first-order valence-corrected chi connectivity index (χ1v) is 8.46. The van der Waals surface area contributed by atoms with E-state index in [9.17, 15) is 0 Å². The molecule has 0 amide bonds. The zero-order chi connectivity index (χ0) is 15.6. The molecule has 1 N–H and O–H groups in total. The van der Waals surface area contributed by atoms with Gasteiger partial charge in [-0.1, -0.05) is 31.2 Å². The van der Waals surface area contributed by atoms with Crippen molar-refractivity contribution in [3.8, 4) is 0 Å². The van der Waals surface area contributed by atoms with Crippen LogP contribution in [0.25, 0.3) is 21.1 Å². The third kappa shape index (κ3) is 2.64. The number of hydrogen-bond donors (Lipinski definition) is 1. The number of para-hydroxylation sites is 1. The van der Waals surface area contributed by atoms with E-state index in [-0.39, 0.29) is 0 Å². The number of fused-ring (bicyclic) bond motifs is 2. The second kappa shape index (κ2) is 5.93. The topological polar surface area (TPSA) is 50.7 Å². The standard InChI is InChI=1S/C18H16N4S/c1-2-14-9-15-17(21-11-22-18(15)23-14)20-10-13-6-3-5-12-7-4-8-19-16(12)13/h3-9,11H,2,10H2,1H3,(H,20,21,22). The smallest absolute Gasteiger partial charge is 0.138 e. The fourth-order valence-electron chi connectivity index (χ4n) is 2.71. The van der Waals surface area contributed by atoms with E-state index < -0.39 is 0 Å². The fraction of sp³-hybridized carbons (Fsp3) is 0.167. The Hall–Kier alpha value is -2.53. The molecular weight excluding hydrogens is 304 g/mol. The maximum Gasteiger partial charge on any atom is 0.138 e. The molecule has 0 spiro atoms. The number of nitrogens with zero attached hydrogens (tertiary/aromatic N) is 3. The summed E-state index contributed by atoms with van der Waals surface area (Å²) in [6, 6.07) is 12.5. The number of thiophene rings is 1. The summed E-state index contributed by atoms with van der Waals surface area (Å²) in [5, 5.41) is 5.70. The molecule has 0 aliphatic carbocycles. The van der Waals surface area contributed by atoms with Gasteiger partial charge in [0, 0.05) is 23.0 Å². The maximum absolute atomic E-state index is 4.50. The molecular formula is C18H16N4S. The summed E-state index contributed by atoms with van der Waals surface area (Å²) >= 11 is 1.73. The molecule has 0 bridgehead atoms. The van der Waals surface area contributed by atoms with Crippen LogP contribution in [0.15, 0.2) is 48.9 Å². The summed E-state index contributed by atoms with van der Waals surface area (Å²) in [5.74, 6) is 0.888. The van der Waals surface area contributed by atoms with Gasteiger partial charge in [0.15, 0.2) is 0 Å². The monoisotopic (exact) mass is 320 g/mol. The van der Waals surface area contributed by atoms with Crippen LogP contribution in [0, 0.1) is 0 Å². The number of rotatable bonds is 4. The number of hydrogen-bond acceptors (Lipinski definition) is 5. The fourth-order valence-corrected chi connectivity index (χ4v) is 3.64. The summed E-state index contributed by atoms with van der Waals surface area (Å²) in [4.78, 5) is 15.7. The van der Waals surface area contributed by atoms with Crippen molar-refractivity contribution in [3.63, 3.8) is 0 Å². The minimum Gasteiger partial charge on any atom is -0.365 e. The van der Waals surface area contributed by atoms with E-state index in [1.807, 2.05) is 12.3 Å². The number of aromatic nitrogens is 3. The molecule has 0 saturated heterocycles. The Labute approximate surface area is 138 Å². The van der Waals surface area contributed by atoms with E-state index in [0.29, 0.717) is 6.54 Å². The predicted octanol–water partition coefficient (Wildman–Crippen LogP) is 4.41. The van der Waals surface area contributed by atoms with Gasteiger partial charge in [-0.2, -0.15) is 0 Å². The Balaban J connectivity index is 1.67. The normalized spacial score (nSPS) is 11.2. The molecule has 4 rings (SSSR count). The molecule has 3 heterocycles. The summed E-state index contributed by atoms with van der Waals surface area (Å²) < 4.78 is 0. The Bertz CT molecular complexity index is 972. The van der Waals surface area contributed by atoms with E-state index in [4.69, 9.17) is 0 Å². The Morgan fingerprint density at radius 1 is 1.09 bits per heavy atom. The highest BCUT2D eigenvalue weighted by atomic mass is 32.1. The Morgan fingerprint density at radius 3 is 2.91 bits per heavy atom. The van der Waals surface area contributed by atoms with E-state index in [1.165, 1.54) is 10.4 Å². The minimum absolute atomic E-state index is 0.692. The lowest BCUT2D eigenvalue weighted by atomic mass is 10.1. The summed E-state index contributed by atoms with van der Waals surface area (Å²) in [6.45, 7) is 2.85. The van der Waals surface area contributed by atoms with Gasteiger partial charge >= 0.3 is 0 Å². The number of nitrogens with one attached hydrogen (secondary N) is 1. The van der Waals surface area contributed by atoms with Crippen LogP contribution < -0.4 is 5.32 Å². The SMILES string of the molecule is CCc1cc2c(NCc3cccc4cccnc34)ncnc2s1. The third-order valence-electron chi connectivity index (χ3n) is 3.89. The molecule has 0 aliphatic rings. The van der Waals surface area contributed by atoms with E-state index in [1.54, 1.807) is 17.7 Å². The van der Waals surface area contributed by atoms with Crippen LogP contribution in [0.4, 0.5) is 5.82 Å². The second-order valence-electron chi connectivity index (χ2n) is 5.35. The van der Waals surface area contributed by atoms with E-state index in [2.05, 4.69) is 57.5 Å². The molecule has 0 saturated carbocycles. The molecule has 0 unspecified atom stereocenters. The van der Waals surface area contributed by atoms with Crippen LogP contribution in [0.1, 0.15) is 17.4 Å². The second-order valence-corrected chi connectivity index (χ2v) is 6.47. The van der Waals surface area contributed by atoms with Crippen molar-refractivity contribution in [2.45, 2.75) is 19.9 Å². The zero-order valence-electron chi connectivity index (χ0n) is 12.8. The van der Waals surface area contributed by atoms with Crippen molar-refractivity contribution in [3.05, 3.63) is 59.4 Å². The first-order valence-electron chi connectivity index (χ1n) is 7.65. The van der Waals surface area contributed by atoms with Crippen molar-refractivity contribution < 1.29 is 0 Å². The molecule has 1 aromatic carbocycles. The van der Waals surface area contributed by atoms with Crippen LogP contribution in [0.5, 0.6) is 0 Å². The highest BCUT2D eigenvalue weighted by Crippen LogP contribution is 2.29. The van der Waals surface area contributed by atoms with Crippen LogP contribution in [-0.4, -0.2) is 15.0 Å². The minimum atomic E-state index is 0.692. The average molecular weight is 320 g/mol. The van der Waals surface area contributed by atoms with Crippen molar-refractivity contribution in [1.82, 2.24) is 15.0 Å². The van der Waals surface area contributed by atoms with Gasteiger partial charge in [0.1, 0.15) is 17.0 Å². The highest BCUT2D eigenvalue weighted by Gasteiger charge is 2.08. The summed E-state index contributed by atoms with van der Waals surface area (Å²) in [6.07, 6.45) is 4.48. The molecule has 4 nitrogen and oxygen atoms in total. The van der Waals surface area contributed by atoms with E-state index >= 15 is 0 Å². The number of pyridine rings is 1. The average Bonchev–Trinajstić information content (AvgIpc) is 3.04. The van der Waals surface area contributed by atoms with Gasteiger partial charge in [0.2, 0.25) is 0 Å². The summed E-state index contributed by atoms with van der Waals surface area (Å²) in [7, 11) is 0. The van der Waals surface area contributed by atoms with Gasteiger partial charge in [0.05, 0.1) is 10.9 Å². The molecule has 0 aliphatic heterocycles. The Kier molecular flexibility index (Phi) is 3.63. The van der Waals surface area contributed by atoms with Crippen LogP contribution in [0.3, 0.4) is 0 Å². The lowest BCUT2D eigenvalue weighted by molar-refractivity contribution is 1.11. The first kappa shape index (κ1) is 14.1. The molecule has 0 radical (unpaired) electrons. The van der Waals surface area contributed by atoms with Crippen molar-refractivity contribution in [2.75, 3.05) is 5.32 Å². The molecule has 114 valence electrons. The zero-order valence-corrected chi connectivity index (χ0v) is 13.6. The quantitative estimate of drug-likeness (QED) is 0.605. The first-order chi connectivity index (χ1) is 11.3. The van der Waals surface area contributed by atoms with Gasteiger partial charge in [-0.25, -0.2) is 9.97 Å². The summed E-state index contributed by atoms with van der Waals surface area (Å²) in [5.41, 5.74) is 2.20. The lowest BCUT2D eigenvalue weighted by Crippen LogP contribution is -2.03. The third-order valence-corrected chi connectivity index (χ3v) is 5.08. The van der Waals surface area contributed by atoms with E-state index in [0.717, 1.165) is 33.4 Å². The van der Waals surface area contributed by atoms with Crippen LogP contribution in [-0.2, 0) is 13.0 Å². The number of aryl methyl sites for hydroxylation is 1. The van der Waals surface area contributed by atoms with Gasteiger partial charge in [-0.3, -0.25) is 4.98 Å². The molecule has 5 heteroatoms. The van der Waals surface area contributed by atoms with Crippen molar-refractivity contribution in [1.29, 1.82) is 0 Å². The van der Waals surface area contributed by atoms with Gasteiger partial charge in [-0.05, 0) is 24.1 Å². The largest absolute Gasteiger partial charge is 0.365 e. The predicted molar refractivity (Wildman–Crippen MR) is 95.9 cm³/mol.